The minimum absolute atomic E-state index is 0.000352. The van der Waals surface area contributed by atoms with Crippen LogP contribution in [0.1, 0.15) is 27.8 Å². The molecule has 11 heteroatoms. The topological polar surface area (TPSA) is 131 Å². The minimum Gasteiger partial charge on any atom is -0.483 e. The van der Waals surface area contributed by atoms with E-state index < -0.39 is 30.1 Å². The first-order valence-corrected chi connectivity index (χ1v) is 11.3. The number of nitrogens with one attached hydrogen (secondary N) is 3. The van der Waals surface area contributed by atoms with Crippen LogP contribution in [0.2, 0.25) is 0 Å². The van der Waals surface area contributed by atoms with Gasteiger partial charge in [-0.05, 0) is 37.3 Å². The van der Waals surface area contributed by atoms with Gasteiger partial charge in [0.25, 0.3) is 23.3 Å². The Bertz CT molecular complexity index is 1550. The number of nitrogens with zero attached hydrogens (tertiary/aromatic N) is 2. The second-order valence-electron chi connectivity index (χ2n) is 7.74. The molecule has 10 nitrogen and oxygen atoms in total. The molecule has 1 heterocycles. The number of hydrogen-bond donors (Lipinski definition) is 3. The van der Waals surface area contributed by atoms with Crippen LogP contribution in [-0.4, -0.2) is 34.1 Å². The van der Waals surface area contributed by atoms with Crippen LogP contribution in [0.4, 0.5) is 10.1 Å². The van der Waals surface area contributed by atoms with Crippen molar-refractivity contribution in [2.45, 2.75) is 13.5 Å². The Hall–Kier alpha value is -5.06. The van der Waals surface area contributed by atoms with Gasteiger partial charge in [-0.3, -0.25) is 30.0 Å². The molecule has 3 aromatic carbocycles. The molecule has 4 aromatic rings. The fourth-order valence-corrected chi connectivity index (χ4v) is 3.53. The molecule has 0 fully saturated rings. The first-order chi connectivity index (χ1) is 17.9. The maximum absolute atomic E-state index is 13.7. The molecule has 0 atom stereocenters. The van der Waals surface area contributed by atoms with Gasteiger partial charge in [0.15, 0.2) is 12.3 Å². The zero-order chi connectivity index (χ0) is 26.4. The molecule has 188 valence electrons. The number of hydrogen-bond acceptors (Lipinski definition) is 6. The van der Waals surface area contributed by atoms with Crippen molar-refractivity contribution in [1.82, 2.24) is 20.6 Å². The Morgan fingerprint density at radius 2 is 1.54 bits per heavy atom. The third-order valence-corrected chi connectivity index (χ3v) is 5.31. The van der Waals surface area contributed by atoms with Gasteiger partial charge in [-0.1, -0.05) is 42.5 Å². The van der Waals surface area contributed by atoms with E-state index in [1.807, 2.05) is 0 Å². The number of aromatic nitrogens is 2. The van der Waals surface area contributed by atoms with E-state index >= 15 is 0 Å². The smallest absolute Gasteiger partial charge is 0.290 e. The Balaban J connectivity index is 1.44. The number of para-hydroxylation sites is 2. The fourth-order valence-electron chi connectivity index (χ4n) is 3.53. The van der Waals surface area contributed by atoms with Crippen LogP contribution in [0, 0.1) is 5.82 Å². The number of carbonyl (C=O) groups is 3. The highest BCUT2D eigenvalue weighted by molar-refractivity contribution is 6.06. The summed E-state index contributed by atoms with van der Waals surface area (Å²) in [4.78, 5) is 50.3. The maximum Gasteiger partial charge on any atom is 0.290 e. The van der Waals surface area contributed by atoms with Gasteiger partial charge >= 0.3 is 0 Å². The summed E-state index contributed by atoms with van der Waals surface area (Å²) in [7, 11) is 0. The average molecular weight is 503 g/mol. The normalized spacial score (nSPS) is 10.5. The van der Waals surface area contributed by atoms with Gasteiger partial charge < -0.3 is 10.1 Å². The summed E-state index contributed by atoms with van der Waals surface area (Å²) >= 11 is 0. The summed E-state index contributed by atoms with van der Waals surface area (Å²) in [5.41, 5.74) is 4.27. The van der Waals surface area contributed by atoms with Crippen molar-refractivity contribution in [3.05, 3.63) is 100 Å². The van der Waals surface area contributed by atoms with Gasteiger partial charge in [0.1, 0.15) is 11.6 Å². The summed E-state index contributed by atoms with van der Waals surface area (Å²) in [6.45, 7) is 1.49. The number of fused-ring (bicyclic) bond motifs is 1. The Morgan fingerprint density at radius 3 is 2.30 bits per heavy atom. The monoisotopic (exact) mass is 503 g/mol. The van der Waals surface area contributed by atoms with Crippen LogP contribution in [0.25, 0.3) is 10.8 Å². The van der Waals surface area contributed by atoms with Gasteiger partial charge in [-0.2, -0.15) is 5.10 Å². The lowest BCUT2D eigenvalue weighted by Crippen LogP contribution is -2.43. The van der Waals surface area contributed by atoms with E-state index in [-0.39, 0.29) is 34.8 Å². The van der Waals surface area contributed by atoms with Crippen LogP contribution >= 0.6 is 0 Å². The molecule has 0 aliphatic rings. The Morgan fingerprint density at radius 1 is 0.892 bits per heavy atom. The van der Waals surface area contributed by atoms with Crippen molar-refractivity contribution in [3.63, 3.8) is 0 Å². The zero-order valence-electron chi connectivity index (χ0n) is 19.7. The summed E-state index contributed by atoms with van der Waals surface area (Å²) in [5.74, 6) is -2.59. The van der Waals surface area contributed by atoms with Crippen LogP contribution in [-0.2, 0) is 11.3 Å². The molecular weight excluding hydrogens is 481 g/mol. The predicted octanol–water partition coefficient (Wildman–Crippen LogP) is 2.65. The number of halogens is 1. The molecule has 0 radical (unpaired) electrons. The SMILES string of the molecule is CCn1nc(C(=O)NNC(=O)c2ccccc2OCC(=O)Nc2ccccc2F)c2ccccc2c1=O. The third kappa shape index (κ3) is 5.61. The highest BCUT2D eigenvalue weighted by Gasteiger charge is 2.19. The number of amides is 3. The number of anilines is 1. The molecule has 0 aliphatic heterocycles. The van der Waals surface area contributed by atoms with Gasteiger partial charge in [0, 0.05) is 11.9 Å². The molecule has 0 bridgehead atoms. The van der Waals surface area contributed by atoms with Gasteiger partial charge in [0.05, 0.1) is 16.6 Å². The Labute approximate surface area is 210 Å². The summed E-state index contributed by atoms with van der Waals surface area (Å²) < 4.78 is 20.4. The van der Waals surface area contributed by atoms with Crippen LogP contribution in [0.15, 0.2) is 77.6 Å². The molecule has 0 aliphatic carbocycles. The highest BCUT2D eigenvalue weighted by atomic mass is 19.1. The van der Waals surface area contributed by atoms with E-state index in [9.17, 15) is 23.6 Å². The first-order valence-electron chi connectivity index (χ1n) is 11.3. The standard InChI is InChI=1S/C26H22FN5O5/c1-2-32-26(36)17-10-4-3-9-16(17)23(31-32)25(35)30-29-24(34)18-11-5-8-14-21(18)37-15-22(33)28-20-13-7-6-12-19(20)27/h3-14H,2,15H2,1H3,(H,28,33)(H,29,34)(H,30,35). The molecule has 3 amide bonds. The van der Waals surface area contributed by atoms with Crippen molar-refractivity contribution in [2.75, 3.05) is 11.9 Å². The zero-order valence-corrected chi connectivity index (χ0v) is 19.7. The van der Waals surface area contributed by atoms with E-state index in [4.69, 9.17) is 4.74 Å². The number of benzene rings is 3. The van der Waals surface area contributed by atoms with Gasteiger partial charge in [-0.25, -0.2) is 9.07 Å². The van der Waals surface area contributed by atoms with Crippen LogP contribution in [0.3, 0.4) is 0 Å². The highest BCUT2D eigenvalue weighted by Crippen LogP contribution is 2.18. The first kappa shape index (κ1) is 25.0. The predicted molar refractivity (Wildman–Crippen MR) is 134 cm³/mol. The molecule has 3 N–H and O–H groups in total. The fraction of sp³-hybridized carbons (Fsp3) is 0.115. The van der Waals surface area contributed by atoms with E-state index in [0.717, 1.165) is 4.68 Å². The molecule has 0 unspecified atom stereocenters. The molecule has 1 aromatic heterocycles. The average Bonchev–Trinajstić information content (AvgIpc) is 2.92. The van der Waals surface area contributed by atoms with Gasteiger partial charge in [-0.15, -0.1) is 0 Å². The molecular formula is C26H22FN5O5. The lowest BCUT2D eigenvalue weighted by atomic mass is 10.1. The van der Waals surface area contributed by atoms with Crippen LogP contribution < -0.4 is 26.5 Å². The number of aryl methyl sites for hydroxylation is 1. The molecule has 37 heavy (non-hydrogen) atoms. The largest absolute Gasteiger partial charge is 0.483 e. The van der Waals surface area contributed by atoms with Gasteiger partial charge in [0.2, 0.25) is 0 Å². The lowest BCUT2D eigenvalue weighted by molar-refractivity contribution is -0.118. The molecule has 0 spiro atoms. The third-order valence-electron chi connectivity index (χ3n) is 5.31. The second-order valence-corrected chi connectivity index (χ2v) is 7.74. The van der Waals surface area contributed by atoms with E-state index in [0.29, 0.717) is 10.8 Å². The molecule has 0 saturated heterocycles. The molecule has 4 rings (SSSR count). The quantitative estimate of drug-likeness (QED) is 0.332. The summed E-state index contributed by atoms with van der Waals surface area (Å²) in [6, 6.07) is 18.3. The van der Waals surface area contributed by atoms with E-state index in [1.165, 1.54) is 30.3 Å². The van der Waals surface area contributed by atoms with E-state index in [2.05, 4.69) is 21.3 Å². The number of ether oxygens (including phenoxy) is 1. The second kappa shape index (κ2) is 11.1. The Kier molecular flexibility index (Phi) is 7.53. The number of hydrazine groups is 1. The summed E-state index contributed by atoms with van der Waals surface area (Å²) in [6.07, 6.45) is 0. The van der Waals surface area contributed by atoms with Crippen molar-refractivity contribution in [2.24, 2.45) is 0 Å². The number of rotatable bonds is 7. The minimum atomic E-state index is -0.727. The van der Waals surface area contributed by atoms with E-state index in [1.54, 1.807) is 49.4 Å². The van der Waals surface area contributed by atoms with Crippen LogP contribution in [0.5, 0.6) is 5.75 Å². The van der Waals surface area contributed by atoms with Crippen molar-refractivity contribution in [1.29, 1.82) is 0 Å². The molecule has 0 saturated carbocycles. The van der Waals surface area contributed by atoms with Crippen molar-refractivity contribution < 1.29 is 23.5 Å². The summed E-state index contributed by atoms with van der Waals surface area (Å²) in [5, 5.41) is 7.17. The number of carbonyl (C=O) groups excluding carboxylic acids is 3. The van der Waals surface area contributed by atoms with Crippen molar-refractivity contribution in [3.8, 4) is 5.75 Å². The van der Waals surface area contributed by atoms with Crippen molar-refractivity contribution >= 4 is 34.2 Å². The maximum atomic E-state index is 13.7. The lowest BCUT2D eigenvalue weighted by Gasteiger charge is -2.13.